The Balaban J connectivity index is 2.10. The average Bonchev–Trinajstić information content (AvgIpc) is 2.44. The number of halogens is 1. The second-order valence-corrected chi connectivity index (χ2v) is 4.68. The maximum atomic E-state index is 11.9. The van der Waals surface area contributed by atoms with Gasteiger partial charge in [0.2, 0.25) is 0 Å². The van der Waals surface area contributed by atoms with Crippen molar-refractivity contribution in [2.75, 3.05) is 13.2 Å². The van der Waals surface area contributed by atoms with E-state index in [1.54, 1.807) is 6.07 Å². The van der Waals surface area contributed by atoms with Gasteiger partial charge in [-0.25, -0.2) is 4.68 Å². The number of benzene rings is 1. The van der Waals surface area contributed by atoms with Crippen LogP contribution in [0.3, 0.4) is 0 Å². The summed E-state index contributed by atoms with van der Waals surface area (Å²) in [5, 5.41) is 4.70. The van der Waals surface area contributed by atoms with Gasteiger partial charge in [-0.15, -0.1) is 0 Å². The van der Waals surface area contributed by atoms with Crippen molar-refractivity contribution in [3.63, 3.8) is 0 Å². The van der Waals surface area contributed by atoms with Gasteiger partial charge < -0.3 is 10.5 Å². The summed E-state index contributed by atoms with van der Waals surface area (Å²) < 4.78 is 6.72. The first-order valence-corrected chi connectivity index (χ1v) is 6.72. The van der Waals surface area contributed by atoms with Crippen molar-refractivity contribution in [2.24, 2.45) is 5.73 Å². The standard InChI is InChI=1S/C14H16ClN3O2/c15-13-5-2-1-4-11(13)10-18-14(19)8-12(9-17-18)20-7-3-6-16/h1-2,4-5,8-9H,3,6-7,10,16H2. The molecular formula is C14H16ClN3O2. The predicted molar refractivity (Wildman–Crippen MR) is 78.2 cm³/mol. The van der Waals surface area contributed by atoms with E-state index in [-0.39, 0.29) is 5.56 Å². The summed E-state index contributed by atoms with van der Waals surface area (Å²) in [7, 11) is 0. The molecule has 0 bridgehead atoms. The molecule has 0 saturated carbocycles. The molecular weight excluding hydrogens is 278 g/mol. The fraction of sp³-hybridized carbons (Fsp3) is 0.286. The maximum absolute atomic E-state index is 11.9. The van der Waals surface area contributed by atoms with Crippen LogP contribution in [0.1, 0.15) is 12.0 Å². The van der Waals surface area contributed by atoms with Gasteiger partial charge in [-0.05, 0) is 24.6 Å². The smallest absolute Gasteiger partial charge is 0.270 e. The van der Waals surface area contributed by atoms with Crippen LogP contribution in [-0.2, 0) is 6.54 Å². The van der Waals surface area contributed by atoms with Crippen molar-refractivity contribution in [2.45, 2.75) is 13.0 Å². The van der Waals surface area contributed by atoms with Crippen LogP contribution in [-0.4, -0.2) is 22.9 Å². The van der Waals surface area contributed by atoms with Crippen LogP contribution in [0.15, 0.2) is 41.3 Å². The molecule has 2 rings (SSSR count). The Hall–Kier alpha value is -1.85. The summed E-state index contributed by atoms with van der Waals surface area (Å²) in [4.78, 5) is 11.9. The third kappa shape index (κ3) is 3.82. The summed E-state index contributed by atoms with van der Waals surface area (Å²) in [5.41, 5.74) is 5.99. The Bertz CT molecular complexity index is 628. The normalized spacial score (nSPS) is 10.5. The number of ether oxygens (including phenoxy) is 1. The van der Waals surface area contributed by atoms with E-state index in [1.807, 2.05) is 18.2 Å². The highest BCUT2D eigenvalue weighted by Crippen LogP contribution is 2.15. The summed E-state index contributed by atoms with van der Waals surface area (Å²) in [6.45, 7) is 1.37. The molecule has 5 nitrogen and oxygen atoms in total. The van der Waals surface area contributed by atoms with Gasteiger partial charge in [0.1, 0.15) is 5.75 Å². The van der Waals surface area contributed by atoms with Crippen LogP contribution < -0.4 is 16.0 Å². The molecule has 20 heavy (non-hydrogen) atoms. The van der Waals surface area contributed by atoms with E-state index in [4.69, 9.17) is 22.1 Å². The Kier molecular flexibility index (Phi) is 5.15. The van der Waals surface area contributed by atoms with Crippen LogP contribution >= 0.6 is 11.6 Å². The first-order valence-electron chi connectivity index (χ1n) is 6.34. The molecule has 1 heterocycles. The van der Waals surface area contributed by atoms with Gasteiger partial charge in [0.15, 0.2) is 0 Å². The summed E-state index contributed by atoms with van der Waals surface area (Å²) in [6.07, 6.45) is 2.26. The van der Waals surface area contributed by atoms with Crippen molar-refractivity contribution in [3.05, 3.63) is 57.5 Å². The Morgan fingerprint density at radius 1 is 1.35 bits per heavy atom. The SMILES string of the molecule is NCCCOc1cnn(Cc2ccccc2Cl)c(=O)c1. The molecule has 0 radical (unpaired) electrons. The van der Waals surface area contributed by atoms with Crippen LogP contribution in [0.25, 0.3) is 0 Å². The van der Waals surface area contributed by atoms with Gasteiger partial charge in [0, 0.05) is 11.1 Å². The fourth-order valence-electron chi connectivity index (χ4n) is 1.68. The van der Waals surface area contributed by atoms with Gasteiger partial charge in [-0.3, -0.25) is 4.79 Å². The van der Waals surface area contributed by atoms with E-state index in [0.29, 0.717) is 30.5 Å². The molecule has 0 atom stereocenters. The first-order chi connectivity index (χ1) is 9.70. The van der Waals surface area contributed by atoms with Crippen molar-refractivity contribution in [3.8, 4) is 5.75 Å². The summed E-state index contributed by atoms with van der Waals surface area (Å²) >= 11 is 6.06. The Morgan fingerprint density at radius 3 is 2.85 bits per heavy atom. The molecule has 106 valence electrons. The highest BCUT2D eigenvalue weighted by molar-refractivity contribution is 6.31. The van der Waals surface area contributed by atoms with Crippen molar-refractivity contribution in [1.29, 1.82) is 0 Å². The maximum Gasteiger partial charge on any atom is 0.270 e. The zero-order valence-corrected chi connectivity index (χ0v) is 11.7. The van der Waals surface area contributed by atoms with Crippen molar-refractivity contribution >= 4 is 11.6 Å². The van der Waals surface area contributed by atoms with Gasteiger partial charge in [0.05, 0.1) is 19.3 Å². The zero-order chi connectivity index (χ0) is 14.4. The molecule has 1 aromatic carbocycles. The number of nitrogens with two attached hydrogens (primary N) is 1. The van der Waals surface area contributed by atoms with Crippen LogP contribution in [0.2, 0.25) is 5.02 Å². The van der Waals surface area contributed by atoms with Gasteiger partial charge in [-0.1, -0.05) is 29.8 Å². The van der Waals surface area contributed by atoms with Gasteiger partial charge in [-0.2, -0.15) is 5.10 Å². The molecule has 0 unspecified atom stereocenters. The Morgan fingerprint density at radius 2 is 2.15 bits per heavy atom. The largest absolute Gasteiger partial charge is 0.492 e. The fourth-order valence-corrected chi connectivity index (χ4v) is 1.87. The predicted octanol–water partition coefficient (Wildman–Crippen LogP) is 1.67. The monoisotopic (exact) mass is 293 g/mol. The third-order valence-corrected chi connectivity index (χ3v) is 3.11. The lowest BCUT2D eigenvalue weighted by Gasteiger charge is -2.08. The summed E-state index contributed by atoms with van der Waals surface area (Å²) in [5.74, 6) is 0.457. The highest BCUT2D eigenvalue weighted by atomic mass is 35.5. The topological polar surface area (TPSA) is 70.1 Å². The van der Waals surface area contributed by atoms with Gasteiger partial charge in [0.25, 0.3) is 5.56 Å². The van der Waals surface area contributed by atoms with Crippen LogP contribution in [0, 0.1) is 0 Å². The average molecular weight is 294 g/mol. The summed E-state index contributed by atoms with van der Waals surface area (Å²) in [6, 6.07) is 8.78. The van der Waals surface area contributed by atoms with E-state index in [0.717, 1.165) is 12.0 Å². The molecule has 0 spiro atoms. The van der Waals surface area contributed by atoms with Gasteiger partial charge >= 0.3 is 0 Å². The van der Waals surface area contributed by atoms with Crippen LogP contribution in [0.4, 0.5) is 0 Å². The van der Waals surface area contributed by atoms with E-state index in [1.165, 1.54) is 16.9 Å². The lowest BCUT2D eigenvalue weighted by atomic mass is 10.2. The number of hydrogen-bond donors (Lipinski definition) is 1. The second kappa shape index (κ2) is 7.07. The molecule has 0 aliphatic carbocycles. The molecule has 0 saturated heterocycles. The molecule has 6 heteroatoms. The highest BCUT2D eigenvalue weighted by Gasteiger charge is 2.04. The zero-order valence-electron chi connectivity index (χ0n) is 11.0. The third-order valence-electron chi connectivity index (χ3n) is 2.74. The molecule has 0 aliphatic heterocycles. The van der Waals surface area contributed by atoms with Crippen molar-refractivity contribution < 1.29 is 4.74 Å². The molecule has 0 fully saturated rings. The minimum Gasteiger partial charge on any atom is -0.492 e. The number of aromatic nitrogens is 2. The first kappa shape index (κ1) is 14.6. The number of hydrogen-bond acceptors (Lipinski definition) is 4. The molecule has 2 N–H and O–H groups in total. The lowest BCUT2D eigenvalue weighted by molar-refractivity contribution is 0.309. The van der Waals surface area contributed by atoms with Crippen molar-refractivity contribution in [1.82, 2.24) is 9.78 Å². The van der Waals surface area contributed by atoms with E-state index in [9.17, 15) is 4.79 Å². The minimum atomic E-state index is -0.227. The Labute approximate surface area is 121 Å². The van der Waals surface area contributed by atoms with E-state index < -0.39 is 0 Å². The number of nitrogens with zero attached hydrogens (tertiary/aromatic N) is 2. The molecule has 1 aromatic heterocycles. The number of rotatable bonds is 6. The van der Waals surface area contributed by atoms with Crippen LogP contribution in [0.5, 0.6) is 5.75 Å². The minimum absolute atomic E-state index is 0.227. The molecule has 2 aromatic rings. The molecule has 0 amide bonds. The quantitative estimate of drug-likeness (QED) is 0.823. The van der Waals surface area contributed by atoms with E-state index in [2.05, 4.69) is 5.10 Å². The lowest BCUT2D eigenvalue weighted by Crippen LogP contribution is -2.23. The molecule has 0 aliphatic rings. The van der Waals surface area contributed by atoms with E-state index >= 15 is 0 Å². The second-order valence-electron chi connectivity index (χ2n) is 4.27.